The molecule has 0 amide bonds. The Bertz CT molecular complexity index is 398. The number of hydrogen-bond acceptors (Lipinski definition) is 5. The number of nitrogens with zero attached hydrogens (tertiary/aromatic N) is 4. The molecule has 0 aliphatic carbocycles. The maximum absolute atomic E-state index is 5.77. The van der Waals surface area contributed by atoms with E-state index in [9.17, 15) is 0 Å². The van der Waals surface area contributed by atoms with Crippen molar-refractivity contribution in [3.8, 4) is 0 Å². The summed E-state index contributed by atoms with van der Waals surface area (Å²) < 4.78 is 0. The van der Waals surface area contributed by atoms with Gasteiger partial charge < -0.3 is 10.6 Å². The molecule has 21 heavy (non-hydrogen) atoms. The molecule has 1 aromatic heterocycles. The summed E-state index contributed by atoms with van der Waals surface area (Å²) >= 11 is 0. The van der Waals surface area contributed by atoms with Crippen molar-refractivity contribution in [3.05, 3.63) is 18.5 Å². The lowest BCUT2D eigenvalue weighted by Gasteiger charge is -2.34. The van der Waals surface area contributed by atoms with Crippen LogP contribution in [-0.2, 0) is 0 Å². The molecule has 0 saturated carbocycles. The largest absolute Gasteiger partial charge is 0.338 e. The third-order valence-corrected chi connectivity index (χ3v) is 4.34. The standard InChI is InChI=1S/C16H29N5/c1-16(2,14-17)6-3-4-9-20-10-12-21(13-11-20)15-18-7-5-8-19-15/h5,7-8H,3-4,6,9-14,17H2,1-2H3. The van der Waals surface area contributed by atoms with E-state index in [1.54, 1.807) is 0 Å². The first-order chi connectivity index (χ1) is 10.1. The SMILES string of the molecule is CC(C)(CN)CCCCN1CCN(c2ncccn2)CC1. The van der Waals surface area contributed by atoms with E-state index in [1.165, 1.54) is 25.8 Å². The molecule has 2 heterocycles. The minimum Gasteiger partial charge on any atom is -0.338 e. The van der Waals surface area contributed by atoms with Gasteiger partial charge in [0.2, 0.25) is 5.95 Å². The summed E-state index contributed by atoms with van der Waals surface area (Å²) in [6.45, 7) is 10.8. The average Bonchev–Trinajstić information content (AvgIpc) is 2.53. The number of piperazine rings is 1. The van der Waals surface area contributed by atoms with Crippen LogP contribution in [0.15, 0.2) is 18.5 Å². The molecule has 0 aromatic carbocycles. The monoisotopic (exact) mass is 291 g/mol. The van der Waals surface area contributed by atoms with Gasteiger partial charge in [0, 0.05) is 38.6 Å². The van der Waals surface area contributed by atoms with E-state index in [1.807, 2.05) is 18.5 Å². The molecule has 0 radical (unpaired) electrons. The lowest BCUT2D eigenvalue weighted by molar-refractivity contribution is 0.242. The molecule has 0 atom stereocenters. The summed E-state index contributed by atoms with van der Waals surface area (Å²) in [6.07, 6.45) is 7.39. The second-order valence-corrected chi connectivity index (χ2v) is 6.70. The number of hydrogen-bond donors (Lipinski definition) is 1. The number of rotatable bonds is 7. The second kappa shape index (κ2) is 7.71. The first-order valence-corrected chi connectivity index (χ1v) is 8.05. The van der Waals surface area contributed by atoms with Crippen molar-refractivity contribution in [2.24, 2.45) is 11.1 Å². The summed E-state index contributed by atoms with van der Waals surface area (Å²) in [5.41, 5.74) is 6.07. The zero-order valence-electron chi connectivity index (χ0n) is 13.5. The van der Waals surface area contributed by atoms with Gasteiger partial charge in [0.25, 0.3) is 0 Å². The molecule has 1 aliphatic heterocycles. The van der Waals surface area contributed by atoms with Crippen LogP contribution in [0.4, 0.5) is 5.95 Å². The van der Waals surface area contributed by atoms with E-state index in [4.69, 9.17) is 5.73 Å². The number of nitrogens with two attached hydrogens (primary N) is 1. The van der Waals surface area contributed by atoms with Crippen molar-refractivity contribution in [1.29, 1.82) is 0 Å². The normalized spacial score (nSPS) is 17.2. The number of aromatic nitrogens is 2. The van der Waals surface area contributed by atoms with Crippen molar-refractivity contribution >= 4 is 5.95 Å². The molecule has 5 heteroatoms. The minimum absolute atomic E-state index is 0.295. The summed E-state index contributed by atoms with van der Waals surface area (Å²) in [5, 5.41) is 0. The molecule has 0 spiro atoms. The zero-order chi connectivity index (χ0) is 15.1. The fraction of sp³-hybridized carbons (Fsp3) is 0.750. The molecule has 1 saturated heterocycles. The van der Waals surface area contributed by atoms with Gasteiger partial charge in [-0.1, -0.05) is 20.3 Å². The summed E-state index contributed by atoms with van der Waals surface area (Å²) in [6, 6.07) is 1.86. The molecule has 0 unspecified atom stereocenters. The Hall–Kier alpha value is -1.20. The molecule has 2 rings (SSSR count). The lowest BCUT2D eigenvalue weighted by atomic mass is 9.87. The van der Waals surface area contributed by atoms with Crippen LogP contribution < -0.4 is 10.6 Å². The van der Waals surface area contributed by atoms with E-state index < -0.39 is 0 Å². The highest BCUT2D eigenvalue weighted by Gasteiger charge is 2.19. The van der Waals surface area contributed by atoms with Crippen LogP contribution in [0, 0.1) is 5.41 Å². The smallest absolute Gasteiger partial charge is 0.225 e. The Morgan fingerprint density at radius 3 is 2.38 bits per heavy atom. The van der Waals surface area contributed by atoms with Gasteiger partial charge in [-0.2, -0.15) is 0 Å². The molecular formula is C16H29N5. The quantitative estimate of drug-likeness (QED) is 0.776. The number of unbranched alkanes of at least 4 members (excludes halogenated alkanes) is 1. The number of anilines is 1. The summed E-state index contributed by atoms with van der Waals surface area (Å²) in [5.74, 6) is 0.863. The predicted octanol–water partition coefficient (Wildman–Crippen LogP) is 1.75. The Morgan fingerprint density at radius 1 is 1.10 bits per heavy atom. The Morgan fingerprint density at radius 2 is 1.76 bits per heavy atom. The van der Waals surface area contributed by atoms with Crippen LogP contribution in [0.1, 0.15) is 33.1 Å². The topological polar surface area (TPSA) is 58.3 Å². The van der Waals surface area contributed by atoms with Gasteiger partial charge in [0.15, 0.2) is 0 Å². The van der Waals surface area contributed by atoms with Crippen LogP contribution in [0.25, 0.3) is 0 Å². The third-order valence-electron chi connectivity index (χ3n) is 4.34. The minimum atomic E-state index is 0.295. The van der Waals surface area contributed by atoms with Crippen molar-refractivity contribution in [2.75, 3.05) is 44.2 Å². The van der Waals surface area contributed by atoms with E-state index in [0.29, 0.717) is 5.41 Å². The van der Waals surface area contributed by atoms with E-state index in [-0.39, 0.29) is 0 Å². The van der Waals surface area contributed by atoms with E-state index in [0.717, 1.165) is 38.7 Å². The fourth-order valence-corrected chi connectivity index (χ4v) is 2.67. The maximum atomic E-state index is 5.77. The van der Waals surface area contributed by atoms with Crippen molar-refractivity contribution in [3.63, 3.8) is 0 Å². The van der Waals surface area contributed by atoms with Gasteiger partial charge in [0.05, 0.1) is 0 Å². The summed E-state index contributed by atoms with van der Waals surface area (Å²) in [4.78, 5) is 13.5. The molecule has 1 aliphatic rings. The predicted molar refractivity (Wildman–Crippen MR) is 87.4 cm³/mol. The van der Waals surface area contributed by atoms with Gasteiger partial charge in [0.1, 0.15) is 0 Å². The Kier molecular flexibility index (Phi) is 5.94. The van der Waals surface area contributed by atoms with Crippen LogP contribution in [-0.4, -0.2) is 54.1 Å². The van der Waals surface area contributed by atoms with Crippen molar-refractivity contribution < 1.29 is 0 Å². The zero-order valence-corrected chi connectivity index (χ0v) is 13.5. The third kappa shape index (κ3) is 5.25. The molecule has 0 bridgehead atoms. The Balaban J connectivity index is 1.63. The van der Waals surface area contributed by atoms with Gasteiger partial charge in [-0.15, -0.1) is 0 Å². The van der Waals surface area contributed by atoms with Gasteiger partial charge in [-0.3, -0.25) is 4.90 Å². The molecule has 5 nitrogen and oxygen atoms in total. The van der Waals surface area contributed by atoms with Gasteiger partial charge in [-0.05, 0) is 37.4 Å². The van der Waals surface area contributed by atoms with Crippen LogP contribution >= 0.6 is 0 Å². The van der Waals surface area contributed by atoms with Crippen molar-refractivity contribution in [1.82, 2.24) is 14.9 Å². The molecule has 1 aromatic rings. The highest BCUT2D eigenvalue weighted by molar-refractivity contribution is 5.29. The van der Waals surface area contributed by atoms with E-state index in [2.05, 4.69) is 33.6 Å². The van der Waals surface area contributed by atoms with Gasteiger partial charge >= 0.3 is 0 Å². The highest BCUT2D eigenvalue weighted by Crippen LogP contribution is 2.21. The fourth-order valence-electron chi connectivity index (χ4n) is 2.67. The molecule has 1 fully saturated rings. The first-order valence-electron chi connectivity index (χ1n) is 8.05. The average molecular weight is 291 g/mol. The van der Waals surface area contributed by atoms with Crippen LogP contribution in [0.3, 0.4) is 0 Å². The van der Waals surface area contributed by atoms with Gasteiger partial charge in [-0.25, -0.2) is 9.97 Å². The Labute approximate surface area is 128 Å². The lowest BCUT2D eigenvalue weighted by Crippen LogP contribution is -2.47. The highest BCUT2D eigenvalue weighted by atomic mass is 15.3. The maximum Gasteiger partial charge on any atom is 0.225 e. The molecule has 2 N–H and O–H groups in total. The second-order valence-electron chi connectivity index (χ2n) is 6.70. The summed E-state index contributed by atoms with van der Waals surface area (Å²) in [7, 11) is 0. The van der Waals surface area contributed by atoms with E-state index >= 15 is 0 Å². The molecular weight excluding hydrogens is 262 g/mol. The first kappa shape index (κ1) is 16.2. The molecule has 118 valence electrons. The van der Waals surface area contributed by atoms with Crippen LogP contribution in [0.5, 0.6) is 0 Å². The van der Waals surface area contributed by atoms with Crippen LogP contribution in [0.2, 0.25) is 0 Å². The van der Waals surface area contributed by atoms with Crippen molar-refractivity contribution in [2.45, 2.75) is 33.1 Å².